The van der Waals surface area contributed by atoms with Gasteiger partial charge >= 0.3 is 6.18 Å². The minimum atomic E-state index is -4.45. The first kappa shape index (κ1) is 11.2. The SMILES string of the molecule is NCc1cnc(C(F)(F)F)cc1OC1CC1. The molecule has 2 N–H and O–H groups in total. The van der Waals surface area contributed by atoms with Gasteiger partial charge < -0.3 is 10.5 Å². The van der Waals surface area contributed by atoms with Gasteiger partial charge in [0.05, 0.1) is 6.10 Å². The predicted octanol–water partition coefficient (Wildman–Crippen LogP) is 2.10. The minimum absolute atomic E-state index is 0.0359. The fourth-order valence-corrected chi connectivity index (χ4v) is 1.25. The Balaban J connectivity index is 2.29. The molecule has 1 fully saturated rings. The molecule has 0 aliphatic heterocycles. The molecule has 0 saturated heterocycles. The highest BCUT2D eigenvalue weighted by molar-refractivity contribution is 5.34. The molecule has 3 nitrogen and oxygen atoms in total. The van der Waals surface area contributed by atoms with E-state index in [1.807, 2.05) is 0 Å². The van der Waals surface area contributed by atoms with Gasteiger partial charge in [-0.2, -0.15) is 13.2 Å². The fraction of sp³-hybridized carbons (Fsp3) is 0.500. The van der Waals surface area contributed by atoms with Crippen molar-refractivity contribution in [1.29, 1.82) is 0 Å². The van der Waals surface area contributed by atoms with E-state index in [4.69, 9.17) is 10.5 Å². The number of alkyl halides is 3. The molecule has 6 heteroatoms. The Morgan fingerprint density at radius 1 is 1.44 bits per heavy atom. The standard InChI is InChI=1S/C10H11F3N2O/c11-10(12,13)9-3-8(16-7-1-2-7)6(4-14)5-15-9/h3,5,7H,1-2,4,14H2. The first-order chi connectivity index (χ1) is 7.50. The summed E-state index contributed by atoms with van der Waals surface area (Å²) in [6.45, 7) is 0.118. The molecule has 1 aromatic heterocycles. The van der Waals surface area contributed by atoms with Crippen LogP contribution in [0.2, 0.25) is 0 Å². The molecular formula is C10H11F3N2O. The predicted molar refractivity (Wildman–Crippen MR) is 50.8 cm³/mol. The van der Waals surface area contributed by atoms with E-state index in [1.54, 1.807) is 0 Å². The maximum absolute atomic E-state index is 12.4. The Hall–Kier alpha value is -1.30. The van der Waals surface area contributed by atoms with Crippen molar-refractivity contribution in [2.45, 2.75) is 31.7 Å². The number of rotatable bonds is 3. The van der Waals surface area contributed by atoms with Gasteiger partial charge in [-0.3, -0.25) is 4.98 Å². The van der Waals surface area contributed by atoms with E-state index < -0.39 is 11.9 Å². The van der Waals surface area contributed by atoms with Gasteiger partial charge in [-0.15, -0.1) is 0 Å². The van der Waals surface area contributed by atoms with E-state index >= 15 is 0 Å². The van der Waals surface area contributed by atoms with E-state index in [0.29, 0.717) is 5.56 Å². The lowest BCUT2D eigenvalue weighted by molar-refractivity contribution is -0.141. The number of hydrogen-bond donors (Lipinski definition) is 1. The number of halogens is 3. The summed E-state index contributed by atoms with van der Waals surface area (Å²) in [7, 11) is 0. The molecule has 0 unspecified atom stereocenters. The van der Waals surface area contributed by atoms with Gasteiger partial charge in [0.1, 0.15) is 11.4 Å². The van der Waals surface area contributed by atoms with Crippen LogP contribution in [0.15, 0.2) is 12.3 Å². The molecule has 16 heavy (non-hydrogen) atoms. The number of hydrogen-bond acceptors (Lipinski definition) is 3. The van der Waals surface area contributed by atoms with Crippen LogP contribution in [-0.4, -0.2) is 11.1 Å². The second-order valence-corrected chi connectivity index (χ2v) is 3.70. The molecule has 0 aromatic carbocycles. The zero-order valence-electron chi connectivity index (χ0n) is 8.42. The molecule has 0 amide bonds. The van der Waals surface area contributed by atoms with Gasteiger partial charge in [0.25, 0.3) is 0 Å². The molecule has 2 rings (SSSR count). The van der Waals surface area contributed by atoms with E-state index in [2.05, 4.69) is 4.98 Å². The van der Waals surface area contributed by atoms with Crippen molar-refractivity contribution < 1.29 is 17.9 Å². The molecule has 88 valence electrons. The maximum Gasteiger partial charge on any atom is 0.433 e. The maximum atomic E-state index is 12.4. The summed E-state index contributed by atoms with van der Waals surface area (Å²) in [5.41, 5.74) is 4.96. The summed E-state index contributed by atoms with van der Waals surface area (Å²) in [5, 5.41) is 0. The molecule has 1 heterocycles. The summed E-state index contributed by atoms with van der Waals surface area (Å²) in [5.74, 6) is 0.201. The quantitative estimate of drug-likeness (QED) is 0.868. The molecule has 0 spiro atoms. The van der Waals surface area contributed by atoms with Gasteiger partial charge in [0.15, 0.2) is 0 Å². The van der Waals surface area contributed by atoms with E-state index in [1.165, 1.54) is 0 Å². The number of aromatic nitrogens is 1. The molecule has 1 aliphatic carbocycles. The Labute approximate surface area is 90.4 Å². The van der Waals surface area contributed by atoms with Crippen molar-refractivity contribution >= 4 is 0 Å². The van der Waals surface area contributed by atoms with Crippen LogP contribution in [0, 0.1) is 0 Å². The van der Waals surface area contributed by atoms with Crippen molar-refractivity contribution in [2.75, 3.05) is 0 Å². The fourth-order valence-electron chi connectivity index (χ4n) is 1.25. The normalized spacial score (nSPS) is 16.2. The van der Waals surface area contributed by atoms with Crippen LogP contribution in [0.1, 0.15) is 24.1 Å². The summed E-state index contributed by atoms with van der Waals surface area (Å²) in [4.78, 5) is 3.32. The van der Waals surface area contributed by atoms with E-state index in [0.717, 1.165) is 25.1 Å². The zero-order valence-corrected chi connectivity index (χ0v) is 8.42. The highest BCUT2D eigenvalue weighted by atomic mass is 19.4. The minimum Gasteiger partial charge on any atom is -0.490 e. The molecule has 1 aliphatic rings. The van der Waals surface area contributed by atoms with Gasteiger partial charge in [0, 0.05) is 24.4 Å². The van der Waals surface area contributed by atoms with Crippen molar-refractivity contribution in [2.24, 2.45) is 5.73 Å². The van der Waals surface area contributed by atoms with Crippen LogP contribution < -0.4 is 10.5 Å². The highest BCUT2D eigenvalue weighted by Gasteiger charge is 2.34. The van der Waals surface area contributed by atoms with Gasteiger partial charge in [-0.1, -0.05) is 0 Å². The van der Waals surface area contributed by atoms with Crippen LogP contribution >= 0.6 is 0 Å². The number of nitrogens with zero attached hydrogens (tertiary/aromatic N) is 1. The molecule has 1 aromatic rings. The van der Waals surface area contributed by atoms with Crippen LogP contribution in [0.4, 0.5) is 13.2 Å². The topological polar surface area (TPSA) is 48.1 Å². The lowest BCUT2D eigenvalue weighted by Crippen LogP contribution is -2.11. The number of ether oxygens (including phenoxy) is 1. The largest absolute Gasteiger partial charge is 0.490 e. The average Bonchev–Trinajstić information content (AvgIpc) is 3.00. The molecular weight excluding hydrogens is 221 g/mol. The van der Waals surface area contributed by atoms with Crippen molar-refractivity contribution in [1.82, 2.24) is 4.98 Å². The third-order valence-corrected chi connectivity index (χ3v) is 2.27. The monoisotopic (exact) mass is 232 g/mol. The Morgan fingerprint density at radius 3 is 2.62 bits per heavy atom. The molecule has 0 radical (unpaired) electrons. The first-order valence-electron chi connectivity index (χ1n) is 4.93. The Morgan fingerprint density at radius 2 is 2.12 bits per heavy atom. The third-order valence-electron chi connectivity index (χ3n) is 2.27. The number of pyridine rings is 1. The first-order valence-corrected chi connectivity index (χ1v) is 4.93. The molecule has 1 saturated carbocycles. The molecule has 0 atom stereocenters. The number of nitrogens with two attached hydrogens (primary N) is 1. The Bertz CT molecular complexity index is 388. The van der Waals surface area contributed by atoms with Crippen molar-refractivity contribution in [3.8, 4) is 5.75 Å². The van der Waals surface area contributed by atoms with Crippen molar-refractivity contribution in [3.63, 3.8) is 0 Å². The summed E-state index contributed by atoms with van der Waals surface area (Å²) in [6, 6.07) is 0.917. The smallest absolute Gasteiger partial charge is 0.433 e. The third kappa shape index (κ3) is 2.44. The van der Waals surface area contributed by atoms with Gasteiger partial charge in [-0.05, 0) is 12.8 Å². The second kappa shape index (κ2) is 3.93. The second-order valence-electron chi connectivity index (χ2n) is 3.70. The highest BCUT2D eigenvalue weighted by Crippen LogP contribution is 2.34. The Kier molecular flexibility index (Phi) is 2.75. The zero-order chi connectivity index (χ0) is 11.8. The van der Waals surface area contributed by atoms with Crippen LogP contribution in [0.5, 0.6) is 5.75 Å². The summed E-state index contributed by atoms with van der Waals surface area (Å²) < 4.78 is 42.6. The van der Waals surface area contributed by atoms with Crippen LogP contribution in [-0.2, 0) is 12.7 Å². The average molecular weight is 232 g/mol. The summed E-state index contributed by atoms with van der Waals surface area (Å²) >= 11 is 0. The molecule has 0 bridgehead atoms. The van der Waals surface area contributed by atoms with Crippen LogP contribution in [0.25, 0.3) is 0 Å². The van der Waals surface area contributed by atoms with Gasteiger partial charge in [-0.25, -0.2) is 0 Å². The lowest BCUT2D eigenvalue weighted by Gasteiger charge is -2.12. The van der Waals surface area contributed by atoms with Crippen LogP contribution in [0.3, 0.4) is 0 Å². The van der Waals surface area contributed by atoms with Crippen molar-refractivity contribution in [3.05, 3.63) is 23.5 Å². The van der Waals surface area contributed by atoms with E-state index in [9.17, 15) is 13.2 Å². The van der Waals surface area contributed by atoms with Gasteiger partial charge in [0.2, 0.25) is 0 Å². The lowest BCUT2D eigenvalue weighted by atomic mass is 10.2. The van der Waals surface area contributed by atoms with E-state index in [-0.39, 0.29) is 18.4 Å². The summed E-state index contributed by atoms with van der Waals surface area (Å²) in [6.07, 6.45) is -1.52.